The molecule has 0 amide bonds. The number of ether oxygens (including phenoxy) is 2. The molecule has 0 spiro atoms. The van der Waals surface area contributed by atoms with Gasteiger partial charge in [-0.05, 0) is 48.9 Å². The summed E-state index contributed by atoms with van der Waals surface area (Å²) in [5.74, 6) is 1.45. The highest BCUT2D eigenvalue weighted by atomic mass is 79.9. The summed E-state index contributed by atoms with van der Waals surface area (Å²) in [6.07, 6.45) is 0. The highest BCUT2D eigenvalue weighted by molar-refractivity contribution is 9.10. The van der Waals surface area contributed by atoms with Gasteiger partial charge >= 0.3 is 0 Å². The molecule has 0 heterocycles. The molecule has 2 aromatic rings. The Morgan fingerprint density at radius 3 is 2.38 bits per heavy atom. The van der Waals surface area contributed by atoms with E-state index in [0.29, 0.717) is 24.0 Å². The molecular formula is C16H17BrClNO2. The fourth-order valence-corrected chi connectivity index (χ4v) is 2.27. The van der Waals surface area contributed by atoms with Crippen LogP contribution in [0.1, 0.15) is 18.5 Å². The third-order valence-corrected chi connectivity index (χ3v) is 3.73. The Morgan fingerprint density at radius 2 is 1.76 bits per heavy atom. The summed E-state index contributed by atoms with van der Waals surface area (Å²) in [5.41, 5.74) is 6.79. The molecule has 2 N–H and O–H groups in total. The fourth-order valence-electron chi connectivity index (χ4n) is 1.76. The van der Waals surface area contributed by atoms with E-state index in [1.807, 2.05) is 49.4 Å². The van der Waals surface area contributed by atoms with Crippen molar-refractivity contribution in [2.45, 2.75) is 13.0 Å². The average molecular weight is 371 g/mol. The van der Waals surface area contributed by atoms with Crippen molar-refractivity contribution in [1.29, 1.82) is 0 Å². The quantitative estimate of drug-likeness (QED) is 0.757. The summed E-state index contributed by atoms with van der Waals surface area (Å²) in [4.78, 5) is 0. The molecule has 2 rings (SSSR count). The second-order valence-electron chi connectivity index (χ2n) is 4.63. The highest BCUT2D eigenvalue weighted by Crippen LogP contribution is 2.27. The van der Waals surface area contributed by atoms with Crippen molar-refractivity contribution in [3.8, 4) is 11.5 Å². The Hall–Kier alpha value is -1.23. The summed E-state index contributed by atoms with van der Waals surface area (Å²) in [5, 5.41) is 0.563. The normalized spacial score (nSPS) is 12.0. The average Bonchev–Trinajstić information content (AvgIpc) is 2.46. The minimum absolute atomic E-state index is 0.0442. The molecule has 0 radical (unpaired) electrons. The molecular weight excluding hydrogens is 354 g/mol. The van der Waals surface area contributed by atoms with E-state index in [4.69, 9.17) is 26.8 Å². The first-order valence-corrected chi connectivity index (χ1v) is 7.79. The van der Waals surface area contributed by atoms with Gasteiger partial charge in [0.05, 0.1) is 5.02 Å². The molecule has 0 aliphatic heterocycles. The molecule has 2 aromatic carbocycles. The van der Waals surface area contributed by atoms with Gasteiger partial charge in [0, 0.05) is 10.5 Å². The van der Waals surface area contributed by atoms with Gasteiger partial charge in [0.1, 0.15) is 24.7 Å². The van der Waals surface area contributed by atoms with Crippen LogP contribution >= 0.6 is 27.5 Å². The lowest BCUT2D eigenvalue weighted by Crippen LogP contribution is -2.10. The van der Waals surface area contributed by atoms with Gasteiger partial charge in [0.2, 0.25) is 0 Å². The first-order valence-electron chi connectivity index (χ1n) is 6.62. The maximum absolute atomic E-state index is 6.16. The summed E-state index contributed by atoms with van der Waals surface area (Å²) < 4.78 is 12.2. The zero-order chi connectivity index (χ0) is 15.2. The Kier molecular flexibility index (Phi) is 5.91. The van der Waals surface area contributed by atoms with Crippen LogP contribution in [0.5, 0.6) is 11.5 Å². The summed E-state index contributed by atoms with van der Waals surface area (Å²) >= 11 is 9.54. The van der Waals surface area contributed by atoms with Crippen molar-refractivity contribution in [2.75, 3.05) is 13.2 Å². The Balaban J connectivity index is 1.82. The second-order valence-corrected chi connectivity index (χ2v) is 5.95. The molecule has 112 valence electrons. The second kappa shape index (κ2) is 7.69. The zero-order valence-corrected chi connectivity index (χ0v) is 14.0. The van der Waals surface area contributed by atoms with E-state index in [-0.39, 0.29) is 6.04 Å². The lowest BCUT2D eigenvalue weighted by atomic mass is 10.1. The molecule has 0 saturated heterocycles. The maximum Gasteiger partial charge on any atom is 0.138 e. The van der Waals surface area contributed by atoms with Gasteiger partial charge in [0.15, 0.2) is 0 Å². The van der Waals surface area contributed by atoms with Crippen molar-refractivity contribution in [2.24, 2.45) is 5.73 Å². The van der Waals surface area contributed by atoms with Crippen molar-refractivity contribution in [1.82, 2.24) is 0 Å². The van der Waals surface area contributed by atoms with E-state index in [2.05, 4.69) is 15.9 Å². The number of nitrogens with two attached hydrogens (primary N) is 1. The van der Waals surface area contributed by atoms with Gasteiger partial charge in [0.25, 0.3) is 0 Å². The van der Waals surface area contributed by atoms with E-state index in [0.717, 1.165) is 15.8 Å². The van der Waals surface area contributed by atoms with Gasteiger partial charge in [-0.1, -0.05) is 33.6 Å². The maximum atomic E-state index is 6.16. The molecule has 21 heavy (non-hydrogen) atoms. The van der Waals surface area contributed by atoms with E-state index in [9.17, 15) is 0 Å². The molecule has 0 unspecified atom stereocenters. The van der Waals surface area contributed by atoms with Gasteiger partial charge in [-0.2, -0.15) is 0 Å². The summed E-state index contributed by atoms with van der Waals surface area (Å²) in [7, 11) is 0. The largest absolute Gasteiger partial charge is 0.490 e. The van der Waals surface area contributed by atoms with Crippen LogP contribution in [0.25, 0.3) is 0 Å². The van der Waals surface area contributed by atoms with E-state index >= 15 is 0 Å². The third-order valence-electron chi connectivity index (χ3n) is 2.90. The molecule has 0 aliphatic rings. The molecule has 5 heteroatoms. The minimum Gasteiger partial charge on any atom is -0.490 e. The predicted octanol–water partition coefficient (Wildman–Crippen LogP) is 4.58. The third kappa shape index (κ3) is 4.92. The van der Waals surface area contributed by atoms with Crippen molar-refractivity contribution in [3.63, 3.8) is 0 Å². The summed E-state index contributed by atoms with van der Waals surface area (Å²) in [6.45, 7) is 2.79. The molecule has 0 aromatic heterocycles. The molecule has 1 atom stereocenters. The monoisotopic (exact) mass is 369 g/mol. The van der Waals surface area contributed by atoms with Crippen LogP contribution in [0.3, 0.4) is 0 Å². The highest BCUT2D eigenvalue weighted by Gasteiger charge is 2.06. The molecule has 0 bridgehead atoms. The van der Waals surface area contributed by atoms with Crippen LogP contribution in [-0.4, -0.2) is 13.2 Å². The van der Waals surface area contributed by atoms with Crippen molar-refractivity contribution >= 4 is 27.5 Å². The van der Waals surface area contributed by atoms with Crippen LogP contribution in [0.2, 0.25) is 5.02 Å². The van der Waals surface area contributed by atoms with Crippen LogP contribution in [0, 0.1) is 0 Å². The SMILES string of the molecule is C[C@@H](N)c1ccc(OCCOc2ccc(Br)cc2)c(Cl)c1. The molecule has 3 nitrogen and oxygen atoms in total. The Labute approximate surface area is 138 Å². The molecule has 0 aliphatic carbocycles. The number of hydrogen-bond donors (Lipinski definition) is 1. The van der Waals surface area contributed by atoms with Crippen molar-refractivity contribution < 1.29 is 9.47 Å². The van der Waals surface area contributed by atoms with E-state index in [1.165, 1.54) is 0 Å². The van der Waals surface area contributed by atoms with Crippen molar-refractivity contribution in [3.05, 3.63) is 57.5 Å². The standard InChI is InChI=1S/C16H17BrClNO2/c1-11(19)12-2-7-16(15(18)10-12)21-9-8-20-14-5-3-13(17)4-6-14/h2-7,10-11H,8-9,19H2,1H3/t11-/m1/s1. The number of halogens is 2. The molecule has 0 saturated carbocycles. The van der Waals surface area contributed by atoms with Crippen LogP contribution in [0.4, 0.5) is 0 Å². The van der Waals surface area contributed by atoms with Crippen LogP contribution < -0.4 is 15.2 Å². The first kappa shape index (κ1) is 16.1. The Morgan fingerprint density at radius 1 is 1.10 bits per heavy atom. The predicted molar refractivity (Wildman–Crippen MR) is 89.2 cm³/mol. The number of hydrogen-bond acceptors (Lipinski definition) is 3. The first-order chi connectivity index (χ1) is 10.1. The summed E-state index contributed by atoms with van der Waals surface area (Å²) in [6, 6.07) is 13.2. The van der Waals surface area contributed by atoms with Gasteiger partial charge in [-0.3, -0.25) is 0 Å². The molecule has 0 fully saturated rings. The number of benzene rings is 2. The van der Waals surface area contributed by atoms with Gasteiger partial charge < -0.3 is 15.2 Å². The van der Waals surface area contributed by atoms with Crippen LogP contribution in [0.15, 0.2) is 46.9 Å². The van der Waals surface area contributed by atoms with E-state index in [1.54, 1.807) is 0 Å². The van der Waals surface area contributed by atoms with Gasteiger partial charge in [-0.25, -0.2) is 0 Å². The van der Waals surface area contributed by atoms with E-state index < -0.39 is 0 Å². The lowest BCUT2D eigenvalue weighted by Gasteiger charge is -2.12. The minimum atomic E-state index is -0.0442. The smallest absolute Gasteiger partial charge is 0.138 e. The Bertz CT molecular complexity index is 587. The zero-order valence-electron chi connectivity index (χ0n) is 11.7. The lowest BCUT2D eigenvalue weighted by molar-refractivity contribution is 0.217. The van der Waals surface area contributed by atoms with Gasteiger partial charge in [-0.15, -0.1) is 0 Å². The van der Waals surface area contributed by atoms with Crippen LogP contribution in [-0.2, 0) is 0 Å². The number of rotatable bonds is 6. The fraction of sp³-hybridized carbons (Fsp3) is 0.250. The topological polar surface area (TPSA) is 44.5 Å².